The lowest BCUT2D eigenvalue weighted by molar-refractivity contribution is -0.121. The van der Waals surface area contributed by atoms with Crippen LogP contribution in [0.2, 0.25) is 0 Å². The fourth-order valence-electron chi connectivity index (χ4n) is 2.95. The minimum atomic E-state index is -0.299. The van der Waals surface area contributed by atoms with Gasteiger partial charge in [0.15, 0.2) is 0 Å². The van der Waals surface area contributed by atoms with E-state index in [4.69, 9.17) is 0 Å². The van der Waals surface area contributed by atoms with Crippen molar-refractivity contribution in [2.24, 2.45) is 0 Å². The molecule has 1 heterocycles. The lowest BCUT2D eigenvalue weighted by atomic mass is 10.1. The second-order valence-electron chi connectivity index (χ2n) is 6.26. The van der Waals surface area contributed by atoms with Crippen molar-refractivity contribution in [1.82, 2.24) is 10.2 Å². The molecule has 3 rings (SSSR count). The van der Waals surface area contributed by atoms with Gasteiger partial charge in [0.1, 0.15) is 0 Å². The molecule has 134 valence electrons. The highest BCUT2D eigenvalue weighted by atomic mass is 79.9. The highest BCUT2D eigenvalue weighted by molar-refractivity contribution is 9.10. The maximum Gasteiger partial charge on any atom is 0.261 e. The predicted octanol–water partition coefficient (Wildman–Crippen LogP) is 3.45. The Morgan fingerprint density at radius 2 is 1.81 bits per heavy atom. The molecule has 0 bridgehead atoms. The van der Waals surface area contributed by atoms with Crippen molar-refractivity contribution in [3.8, 4) is 0 Å². The first kappa shape index (κ1) is 18.3. The molecular formula is C20H19BrN2O3. The van der Waals surface area contributed by atoms with E-state index >= 15 is 0 Å². The molecule has 2 aromatic carbocycles. The van der Waals surface area contributed by atoms with Crippen molar-refractivity contribution < 1.29 is 14.4 Å². The molecule has 0 atom stereocenters. The molecule has 0 saturated heterocycles. The van der Waals surface area contributed by atoms with E-state index in [0.29, 0.717) is 24.1 Å². The Morgan fingerprint density at radius 1 is 1.08 bits per heavy atom. The monoisotopic (exact) mass is 414 g/mol. The van der Waals surface area contributed by atoms with Crippen LogP contribution in [-0.2, 0) is 11.3 Å². The summed E-state index contributed by atoms with van der Waals surface area (Å²) in [5, 5.41) is 2.88. The van der Waals surface area contributed by atoms with Crippen LogP contribution in [0.1, 0.15) is 44.7 Å². The molecular weight excluding hydrogens is 396 g/mol. The van der Waals surface area contributed by atoms with Crippen LogP contribution >= 0.6 is 15.9 Å². The molecule has 1 N–H and O–H groups in total. The van der Waals surface area contributed by atoms with E-state index in [9.17, 15) is 14.4 Å². The Bertz CT molecular complexity index is 879. The minimum Gasteiger partial charge on any atom is -0.352 e. The van der Waals surface area contributed by atoms with Crippen LogP contribution in [0.25, 0.3) is 0 Å². The number of hydrogen-bond acceptors (Lipinski definition) is 3. The third-order valence-electron chi connectivity index (χ3n) is 4.46. The summed E-state index contributed by atoms with van der Waals surface area (Å²) in [5.74, 6) is -0.683. The summed E-state index contributed by atoms with van der Waals surface area (Å²) in [6, 6.07) is 12.9. The maximum absolute atomic E-state index is 12.4. The maximum atomic E-state index is 12.4. The molecule has 3 amide bonds. The number of fused-ring (bicyclic) bond motifs is 1. The number of carbonyl (C=O) groups excluding carboxylic acids is 3. The second-order valence-corrected chi connectivity index (χ2v) is 7.17. The lowest BCUT2D eigenvalue weighted by Crippen LogP contribution is -2.32. The molecule has 0 fully saturated rings. The molecule has 5 nitrogen and oxygen atoms in total. The summed E-state index contributed by atoms with van der Waals surface area (Å²) < 4.78 is 0.759. The average Bonchev–Trinajstić information content (AvgIpc) is 2.85. The summed E-state index contributed by atoms with van der Waals surface area (Å²) >= 11 is 3.31. The number of nitrogens with zero attached hydrogens (tertiary/aromatic N) is 1. The Morgan fingerprint density at radius 3 is 2.58 bits per heavy atom. The van der Waals surface area contributed by atoms with Crippen LogP contribution < -0.4 is 5.32 Å². The number of amides is 3. The summed E-state index contributed by atoms with van der Waals surface area (Å²) in [6.45, 7) is 2.72. The van der Waals surface area contributed by atoms with Crippen molar-refractivity contribution in [3.63, 3.8) is 0 Å². The van der Waals surface area contributed by atoms with Gasteiger partial charge in [-0.05, 0) is 42.7 Å². The third kappa shape index (κ3) is 3.85. The van der Waals surface area contributed by atoms with Crippen LogP contribution in [-0.4, -0.2) is 29.2 Å². The SMILES string of the molecule is Cc1ccccc1CNC(=O)CCCN1C(=O)c2ccc(Br)cc2C1=O. The first-order valence-electron chi connectivity index (χ1n) is 8.44. The zero-order valence-electron chi connectivity index (χ0n) is 14.4. The van der Waals surface area contributed by atoms with Gasteiger partial charge in [0.25, 0.3) is 11.8 Å². The summed E-state index contributed by atoms with van der Waals surface area (Å²) in [4.78, 5) is 37.9. The molecule has 1 aliphatic rings. The van der Waals surface area contributed by atoms with Crippen molar-refractivity contribution in [1.29, 1.82) is 0 Å². The second kappa shape index (κ2) is 7.83. The van der Waals surface area contributed by atoms with Crippen molar-refractivity contribution in [2.45, 2.75) is 26.3 Å². The standard InChI is InChI=1S/C20H19BrN2O3/c1-13-5-2-3-6-14(13)12-22-18(24)7-4-10-23-19(25)16-9-8-15(21)11-17(16)20(23)26/h2-3,5-6,8-9,11H,4,7,10,12H2,1H3,(H,22,24). The summed E-state index contributed by atoms with van der Waals surface area (Å²) in [7, 11) is 0. The van der Waals surface area contributed by atoms with Gasteiger partial charge in [0.05, 0.1) is 11.1 Å². The number of halogens is 1. The molecule has 26 heavy (non-hydrogen) atoms. The van der Waals surface area contributed by atoms with Crippen molar-refractivity contribution in [2.75, 3.05) is 6.54 Å². The average molecular weight is 415 g/mol. The van der Waals surface area contributed by atoms with Gasteiger partial charge in [-0.25, -0.2) is 0 Å². The van der Waals surface area contributed by atoms with E-state index in [0.717, 1.165) is 15.6 Å². The Hall–Kier alpha value is -2.47. The van der Waals surface area contributed by atoms with E-state index in [1.807, 2.05) is 31.2 Å². The van der Waals surface area contributed by atoms with Gasteiger partial charge in [0, 0.05) is 24.0 Å². The number of aryl methyl sites for hydroxylation is 1. The van der Waals surface area contributed by atoms with Crippen molar-refractivity contribution >= 4 is 33.7 Å². The number of rotatable bonds is 6. The van der Waals surface area contributed by atoms with Crippen LogP contribution in [0.4, 0.5) is 0 Å². The smallest absolute Gasteiger partial charge is 0.261 e. The molecule has 2 aromatic rings. The van der Waals surface area contributed by atoms with Gasteiger partial charge in [-0.2, -0.15) is 0 Å². The molecule has 0 unspecified atom stereocenters. The van der Waals surface area contributed by atoms with Crippen molar-refractivity contribution in [3.05, 3.63) is 69.2 Å². The quantitative estimate of drug-likeness (QED) is 0.735. The molecule has 0 spiro atoms. The van der Waals surface area contributed by atoms with E-state index < -0.39 is 0 Å². The van der Waals surface area contributed by atoms with Gasteiger partial charge >= 0.3 is 0 Å². The number of benzene rings is 2. The van der Waals surface area contributed by atoms with Crippen LogP contribution in [0.5, 0.6) is 0 Å². The summed E-state index contributed by atoms with van der Waals surface area (Å²) in [5.41, 5.74) is 3.03. The zero-order valence-corrected chi connectivity index (χ0v) is 16.0. The highest BCUT2D eigenvalue weighted by Crippen LogP contribution is 2.26. The zero-order chi connectivity index (χ0) is 18.7. The van der Waals surface area contributed by atoms with Crippen LogP contribution in [0, 0.1) is 6.92 Å². The first-order chi connectivity index (χ1) is 12.5. The molecule has 6 heteroatoms. The van der Waals surface area contributed by atoms with Gasteiger partial charge in [0.2, 0.25) is 5.91 Å². The van der Waals surface area contributed by atoms with Gasteiger partial charge in [-0.3, -0.25) is 19.3 Å². The van der Waals surface area contributed by atoms with Gasteiger partial charge in [-0.15, -0.1) is 0 Å². The number of hydrogen-bond donors (Lipinski definition) is 1. The minimum absolute atomic E-state index is 0.0902. The highest BCUT2D eigenvalue weighted by Gasteiger charge is 2.35. The first-order valence-corrected chi connectivity index (χ1v) is 9.23. The topological polar surface area (TPSA) is 66.5 Å². The van der Waals surface area contributed by atoms with Gasteiger partial charge < -0.3 is 5.32 Å². The summed E-state index contributed by atoms with van der Waals surface area (Å²) in [6.07, 6.45) is 0.704. The largest absolute Gasteiger partial charge is 0.352 e. The molecule has 0 aliphatic carbocycles. The number of nitrogens with one attached hydrogen (secondary N) is 1. The van der Waals surface area contributed by atoms with E-state index in [1.165, 1.54) is 4.90 Å². The Labute approximate surface area is 160 Å². The molecule has 1 aliphatic heterocycles. The number of imide groups is 1. The van der Waals surface area contributed by atoms with Crippen LogP contribution in [0.15, 0.2) is 46.9 Å². The van der Waals surface area contributed by atoms with E-state index in [2.05, 4.69) is 21.2 Å². The fraction of sp³-hybridized carbons (Fsp3) is 0.250. The predicted molar refractivity (Wildman–Crippen MR) is 102 cm³/mol. The van der Waals surface area contributed by atoms with E-state index in [-0.39, 0.29) is 30.7 Å². The molecule has 0 aromatic heterocycles. The fourth-order valence-corrected chi connectivity index (χ4v) is 3.32. The van der Waals surface area contributed by atoms with Gasteiger partial charge in [-0.1, -0.05) is 40.2 Å². The van der Waals surface area contributed by atoms with E-state index in [1.54, 1.807) is 18.2 Å². The Balaban J connectivity index is 1.49. The lowest BCUT2D eigenvalue weighted by Gasteiger charge is -2.13. The molecule has 0 saturated carbocycles. The number of carbonyl (C=O) groups is 3. The normalized spacial score (nSPS) is 13.1. The van der Waals surface area contributed by atoms with Crippen LogP contribution in [0.3, 0.4) is 0 Å². The Kier molecular flexibility index (Phi) is 5.52. The molecule has 0 radical (unpaired) electrons. The third-order valence-corrected chi connectivity index (χ3v) is 4.95.